The van der Waals surface area contributed by atoms with Crippen LogP contribution in [0.4, 0.5) is 8.78 Å². The highest BCUT2D eigenvalue weighted by atomic mass is 19.1. The number of aromatic amines is 1. The van der Waals surface area contributed by atoms with Crippen molar-refractivity contribution in [3.8, 4) is 11.1 Å². The van der Waals surface area contributed by atoms with Gasteiger partial charge in [0.15, 0.2) is 0 Å². The molecule has 3 aromatic rings. The average Bonchev–Trinajstić information content (AvgIpc) is 2.37. The highest BCUT2D eigenvalue weighted by molar-refractivity contribution is 5.86. The zero-order valence-electron chi connectivity index (χ0n) is 9.78. The predicted molar refractivity (Wildman–Crippen MR) is 69.9 cm³/mol. The van der Waals surface area contributed by atoms with E-state index in [4.69, 9.17) is 0 Å². The normalized spacial score (nSPS) is 10.8. The molecule has 0 atom stereocenters. The minimum atomic E-state index is -0.624. The third-order valence-electron chi connectivity index (χ3n) is 2.97. The topological polar surface area (TPSA) is 32.9 Å². The Bertz CT molecular complexity index is 803. The molecule has 0 aliphatic heterocycles. The molecular formula is C15H9F2NO. The Hall–Kier alpha value is -2.49. The zero-order chi connectivity index (χ0) is 13.4. The van der Waals surface area contributed by atoms with Crippen molar-refractivity contribution in [1.29, 1.82) is 0 Å². The first-order chi connectivity index (χ1) is 9.13. The van der Waals surface area contributed by atoms with E-state index in [2.05, 4.69) is 4.98 Å². The molecule has 4 heteroatoms. The van der Waals surface area contributed by atoms with Crippen LogP contribution in [0.2, 0.25) is 0 Å². The second-order valence-corrected chi connectivity index (χ2v) is 4.27. The SMILES string of the molecule is O=c1[nH]ccc2cc(-c3cc(F)cc(F)c3)ccc12. The molecule has 1 heterocycles. The van der Waals surface area contributed by atoms with Crippen LogP contribution in [0.1, 0.15) is 0 Å². The molecular weight excluding hydrogens is 248 g/mol. The number of nitrogens with one attached hydrogen (secondary N) is 1. The van der Waals surface area contributed by atoms with Gasteiger partial charge in [0.05, 0.1) is 0 Å². The van der Waals surface area contributed by atoms with Crippen molar-refractivity contribution in [2.24, 2.45) is 0 Å². The molecule has 0 saturated heterocycles. The van der Waals surface area contributed by atoms with Crippen molar-refractivity contribution in [1.82, 2.24) is 4.98 Å². The van der Waals surface area contributed by atoms with Gasteiger partial charge in [-0.3, -0.25) is 4.79 Å². The van der Waals surface area contributed by atoms with Gasteiger partial charge in [0, 0.05) is 17.6 Å². The van der Waals surface area contributed by atoms with Gasteiger partial charge in [-0.05, 0) is 46.8 Å². The lowest BCUT2D eigenvalue weighted by Crippen LogP contribution is -2.03. The predicted octanol–water partition coefficient (Wildman–Crippen LogP) is 3.47. The van der Waals surface area contributed by atoms with Crippen molar-refractivity contribution in [2.45, 2.75) is 0 Å². The molecule has 94 valence electrons. The Morgan fingerprint density at radius 2 is 1.58 bits per heavy atom. The summed E-state index contributed by atoms with van der Waals surface area (Å²) in [6.45, 7) is 0. The Labute approximate surface area is 107 Å². The van der Waals surface area contributed by atoms with Crippen molar-refractivity contribution in [3.05, 3.63) is 70.6 Å². The highest BCUT2D eigenvalue weighted by Gasteiger charge is 2.05. The van der Waals surface area contributed by atoms with Crippen LogP contribution < -0.4 is 5.56 Å². The molecule has 0 fully saturated rings. The van der Waals surface area contributed by atoms with E-state index in [-0.39, 0.29) is 5.56 Å². The second kappa shape index (κ2) is 4.31. The molecule has 1 aromatic heterocycles. The van der Waals surface area contributed by atoms with Crippen molar-refractivity contribution < 1.29 is 8.78 Å². The lowest BCUT2D eigenvalue weighted by atomic mass is 10.0. The van der Waals surface area contributed by atoms with Crippen LogP contribution in [0.25, 0.3) is 21.9 Å². The number of H-pyrrole nitrogens is 1. The molecule has 1 N–H and O–H groups in total. The summed E-state index contributed by atoms with van der Waals surface area (Å²) in [5, 5.41) is 1.27. The van der Waals surface area contributed by atoms with E-state index >= 15 is 0 Å². The molecule has 2 aromatic carbocycles. The van der Waals surface area contributed by atoms with Crippen LogP contribution in [0.5, 0.6) is 0 Å². The van der Waals surface area contributed by atoms with Crippen molar-refractivity contribution >= 4 is 10.8 Å². The van der Waals surface area contributed by atoms with Gasteiger partial charge in [0.25, 0.3) is 5.56 Å². The third-order valence-corrected chi connectivity index (χ3v) is 2.97. The Morgan fingerprint density at radius 3 is 2.32 bits per heavy atom. The first-order valence-electron chi connectivity index (χ1n) is 5.71. The lowest BCUT2D eigenvalue weighted by Gasteiger charge is -2.04. The summed E-state index contributed by atoms with van der Waals surface area (Å²) in [6, 6.07) is 10.1. The molecule has 19 heavy (non-hydrogen) atoms. The van der Waals surface area contributed by atoms with Crippen molar-refractivity contribution in [3.63, 3.8) is 0 Å². The van der Waals surface area contributed by atoms with E-state index in [0.29, 0.717) is 16.5 Å². The number of benzene rings is 2. The van der Waals surface area contributed by atoms with E-state index in [9.17, 15) is 13.6 Å². The monoisotopic (exact) mass is 257 g/mol. The first kappa shape index (κ1) is 11.6. The Balaban J connectivity index is 2.23. The molecule has 0 unspecified atom stereocenters. The lowest BCUT2D eigenvalue weighted by molar-refractivity contribution is 0.584. The molecule has 0 bridgehead atoms. The van der Waals surface area contributed by atoms with Crippen LogP contribution in [-0.4, -0.2) is 4.98 Å². The fourth-order valence-corrected chi connectivity index (χ4v) is 2.09. The van der Waals surface area contributed by atoms with Gasteiger partial charge in [-0.1, -0.05) is 6.07 Å². The van der Waals surface area contributed by atoms with Gasteiger partial charge in [-0.15, -0.1) is 0 Å². The largest absolute Gasteiger partial charge is 0.329 e. The summed E-state index contributed by atoms with van der Waals surface area (Å²) < 4.78 is 26.4. The number of hydrogen-bond acceptors (Lipinski definition) is 1. The quantitative estimate of drug-likeness (QED) is 0.711. The highest BCUT2D eigenvalue weighted by Crippen LogP contribution is 2.24. The van der Waals surface area contributed by atoms with E-state index in [1.807, 2.05) is 0 Å². The van der Waals surface area contributed by atoms with Gasteiger partial charge in [-0.2, -0.15) is 0 Å². The Kier molecular flexibility index (Phi) is 2.63. The van der Waals surface area contributed by atoms with Gasteiger partial charge >= 0.3 is 0 Å². The van der Waals surface area contributed by atoms with E-state index < -0.39 is 11.6 Å². The molecule has 0 saturated carbocycles. The van der Waals surface area contributed by atoms with Gasteiger partial charge in [0.2, 0.25) is 0 Å². The van der Waals surface area contributed by atoms with Crippen molar-refractivity contribution in [2.75, 3.05) is 0 Å². The molecule has 0 aliphatic rings. The van der Waals surface area contributed by atoms with Crippen LogP contribution in [0.3, 0.4) is 0 Å². The van der Waals surface area contributed by atoms with Gasteiger partial charge in [-0.25, -0.2) is 8.78 Å². The molecule has 0 amide bonds. The minimum absolute atomic E-state index is 0.186. The smallest absolute Gasteiger partial charge is 0.255 e. The number of halogens is 2. The molecule has 0 radical (unpaired) electrons. The maximum atomic E-state index is 13.2. The van der Waals surface area contributed by atoms with Crippen LogP contribution >= 0.6 is 0 Å². The number of rotatable bonds is 1. The average molecular weight is 257 g/mol. The van der Waals surface area contributed by atoms with E-state index in [1.165, 1.54) is 12.1 Å². The summed E-state index contributed by atoms with van der Waals surface area (Å²) in [4.78, 5) is 14.1. The molecule has 0 aliphatic carbocycles. The fourth-order valence-electron chi connectivity index (χ4n) is 2.09. The molecule has 2 nitrogen and oxygen atoms in total. The summed E-state index contributed by atoms with van der Waals surface area (Å²) in [7, 11) is 0. The Morgan fingerprint density at radius 1 is 0.842 bits per heavy atom. The van der Waals surface area contributed by atoms with E-state index in [1.54, 1.807) is 30.5 Å². The maximum Gasteiger partial charge on any atom is 0.255 e. The second-order valence-electron chi connectivity index (χ2n) is 4.27. The maximum absolute atomic E-state index is 13.2. The first-order valence-corrected chi connectivity index (χ1v) is 5.71. The fraction of sp³-hybridized carbons (Fsp3) is 0. The zero-order valence-corrected chi connectivity index (χ0v) is 9.78. The summed E-state index contributed by atoms with van der Waals surface area (Å²) in [6.07, 6.45) is 1.54. The minimum Gasteiger partial charge on any atom is -0.329 e. The summed E-state index contributed by atoms with van der Waals surface area (Å²) >= 11 is 0. The summed E-state index contributed by atoms with van der Waals surface area (Å²) in [5.74, 6) is -1.25. The number of fused-ring (bicyclic) bond motifs is 1. The van der Waals surface area contributed by atoms with Crippen LogP contribution in [-0.2, 0) is 0 Å². The number of pyridine rings is 1. The molecule has 3 rings (SSSR count). The summed E-state index contributed by atoms with van der Waals surface area (Å²) in [5.41, 5.74) is 0.922. The van der Waals surface area contributed by atoms with Gasteiger partial charge < -0.3 is 4.98 Å². The van der Waals surface area contributed by atoms with Gasteiger partial charge in [0.1, 0.15) is 11.6 Å². The van der Waals surface area contributed by atoms with Crippen LogP contribution in [0.15, 0.2) is 53.5 Å². The van der Waals surface area contributed by atoms with Crippen LogP contribution in [0, 0.1) is 11.6 Å². The number of hydrogen-bond donors (Lipinski definition) is 1. The standard InChI is InChI=1S/C15H9F2NO/c16-12-6-11(7-13(17)8-12)9-1-2-14-10(5-9)3-4-18-15(14)19/h1-8H,(H,18,19). The third kappa shape index (κ3) is 2.12. The van der Waals surface area contributed by atoms with E-state index in [0.717, 1.165) is 11.5 Å². The number of aromatic nitrogens is 1. The molecule has 0 spiro atoms.